The fourth-order valence-electron chi connectivity index (χ4n) is 1.77. The molecule has 108 valence electrons. The third-order valence-corrected chi connectivity index (χ3v) is 4.47. The molecule has 1 aromatic heterocycles. The first-order valence-corrected chi connectivity index (χ1v) is 7.59. The Labute approximate surface area is 118 Å². The highest BCUT2D eigenvalue weighted by Crippen LogP contribution is 2.25. The molecular weight excluding hydrogens is 278 g/mol. The molecule has 0 aliphatic heterocycles. The number of hydrogen-bond donors (Lipinski definition) is 2. The summed E-state index contributed by atoms with van der Waals surface area (Å²) in [5.41, 5.74) is 6.70. The fourth-order valence-corrected chi connectivity index (χ4v) is 3.05. The number of aromatic nitrogens is 1. The van der Waals surface area contributed by atoms with Crippen molar-refractivity contribution in [3.05, 3.63) is 30.5 Å². The number of nitrogen functional groups attached to an aromatic ring is 1. The Balaban J connectivity index is 2.45. The highest BCUT2D eigenvalue weighted by atomic mass is 32.2. The molecule has 0 saturated carbocycles. The molecule has 0 radical (unpaired) electrons. The van der Waals surface area contributed by atoms with Crippen LogP contribution in [-0.4, -0.2) is 33.2 Å². The molecular formula is C13H17N3O3S. The first-order chi connectivity index (χ1) is 9.45. The molecule has 0 aliphatic carbocycles. The van der Waals surface area contributed by atoms with E-state index in [1.54, 1.807) is 31.3 Å². The second-order valence-electron chi connectivity index (χ2n) is 4.45. The van der Waals surface area contributed by atoms with Gasteiger partial charge in [0, 0.05) is 30.9 Å². The number of nitrogens with zero attached hydrogens (tertiary/aromatic N) is 1. The molecule has 0 amide bonds. The summed E-state index contributed by atoms with van der Waals surface area (Å²) >= 11 is 0. The van der Waals surface area contributed by atoms with E-state index in [4.69, 9.17) is 10.5 Å². The molecule has 0 fully saturated rings. The SMILES string of the molecule is COC(C)CNS(=O)(=O)c1ccc(N)c2cccnc12. The average molecular weight is 295 g/mol. The molecule has 20 heavy (non-hydrogen) atoms. The Morgan fingerprint density at radius 1 is 1.40 bits per heavy atom. The van der Waals surface area contributed by atoms with Crippen molar-refractivity contribution < 1.29 is 13.2 Å². The number of nitrogens with two attached hydrogens (primary N) is 1. The molecule has 1 unspecified atom stereocenters. The van der Waals surface area contributed by atoms with Gasteiger partial charge in [0.05, 0.1) is 11.6 Å². The standard InChI is InChI=1S/C13H17N3O3S/c1-9(19-2)8-16-20(17,18)12-6-5-11(14)10-4-3-7-15-13(10)12/h3-7,9,16H,8,14H2,1-2H3. The summed E-state index contributed by atoms with van der Waals surface area (Å²) in [6.07, 6.45) is 1.33. The van der Waals surface area contributed by atoms with Crippen LogP contribution in [0.2, 0.25) is 0 Å². The Morgan fingerprint density at radius 3 is 2.85 bits per heavy atom. The van der Waals surface area contributed by atoms with E-state index in [-0.39, 0.29) is 17.5 Å². The zero-order valence-corrected chi connectivity index (χ0v) is 12.1. The number of sulfonamides is 1. The van der Waals surface area contributed by atoms with Gasteiger partial charge >= 0.3 is 0 Å². The average Bonchev–Trinajstić information content (AvgIpc) is 2.45. The smallest absolute Gasteiger partial charge is 0.242 e. The molecule has 7 heteroatoms. The van der Waals surface area contributed by atoms with Crippen LogP contribution in [0.5, 0.6) is 0 Å². The summed E-state index contributed by atoms with van der Waals surface area (Å²) in [6, 6.07) is 6.49. The quantitative estimate of drug-likeness (QED) is 0.806. The maximum Gasteiger partial charge on any atom is 0.242 e. The van der Waals surface area contributed by atoms with Gasteiger partial charge in [-0.15, -0.1) is 0 Å². The molecule has 2 rings (SSSR count). The molecule has 0 saturated heterocycles. The van der Waals surface area contributed by atoms with E-state index in [0.717, 1.165) is 0 Å². The summed E-state index contributed by atoms with van der Waals surface area (Å²) < 4.78 is 32.2. The van der Waals surface area contributed by atoms with Crippen LogP contribution in [0, 0.1) is 0 Å². The van der Waals surface area contributed by atoms with Gasteiger partial charge < -0.3 is 10.5 Å². The van der Waals surface area contributed by atoms with E-state index in [1.165, 1.54) is 13.2 Å². The normalized spacial score (nSPS) is 13.5. The van der Waals surface area contributed by atoms with Crippen LogP contribution in [0.1, 0.15) is 6.92 Å². The summed E-state index contributed by atoms with van der Waals surface area (Å²) in [6.45, 7) is 1.97. The number of methoxy groups -OCH3 is 1. The van der Waals surface area contributed by atoms with Crippen LogP contribution in [0.25, 0.3) is 10.9 Å². The van der Waals surface area contributed by atoms with E-state index >= 15 is 0 Å². The monoisotopic (exact) mass is 295 g/mol. The van der Waals surface area contributed by atoms with Gasteiger partial charge in [-0.25, -0.2) is 13.1 Å². The van der Waals surface area contributed by atoms with Crippen LogP contribution in [-0.2, 0) is 14.8 Å². The molecule has 1 atom stereocenters. The number of ether oxygens (including phenoxy) is 1. The van der Waals surface area contributed by atoms with Crippen molar-refractivity contribution >= 4 is 26.6 Å². The van der Waals surface area contributed by atoms with Crippen molar-refractivity contribution in [1.82, 2.24) is 9.71 Å². The zero-order valence-electron chi connectivity index (χ0n) is 11.3. The summed E-state index contributed by atoms with van der Waals surface area (Å²) in [4.78, 5) is 4.24. The third-order valence-electron chi connectivity index (χ3n) is 3.02. The minimum atomic E-state index is -3.66. The van der Waals surface area contributed by atoms with Crippen LogP contribution in [0.15, 0.2) is 35.4 Å². The number of rotatable bonds is 5. The van der Waals surface area contributed by atoms with Gasteiger partial charge in [0.15, 0.2) is 0 Å². The molecule has 6 nitrogen and oxygen atoms in total. The summed E-state index contributed by atoms with van der Waals surface area (Å²) in [5, 5.41) is 0.621. The predicted molar refractivity (Wildman–Crippen MR) is 77.8 cm³/mol. The fraction of sp³-hybridized carbons (Fsp3) is 0.308. The Bertz CT molecular complexity index is 716. The zero-order chi connectivity index (χ0) is 14.8. The maximum atomic E-state index is 12.3. The molecule has 3 N–H and O–H groups in total. The van der Waals surface area contributed by atoms with Crippen LogP contribution in [0.4, 0.5) is 5.69 Å². The third kappa shape index (κ3) is 2.90. The van der Waals surface area contributed by atoms with Gasteiger partial charge in [0.25, 0.3) is 0 Å². The van der Waals surface area contributed by atoms with E-state index in [2.05, 4.69) is 9.71 Å². The van der Waals surface area contributed by atoms with Crippen LogP contribution < -0.4 is 10.5 Å². The lowest BCUT2D eigenvalue weighted by Crippen LogP contribution is -2.31. The minimum absolute atomic E-state index is 0.116. The van der Waals surface area contributed by atoms with Gasteiger partial charge in [-0.1, -0.05) is 0 Å². The van der Waals surface area contributed by atoms with Crippen LogP contribution in [0.3, 0.4) is 0 Å². The summed E-state index contributed by atoms with van der Waals surface area (Å²) in [7, 11) is -2.13. The predicted octanol–water partition coefficient (Wildman–Crippen LogP) is 1.13. The first kappa shape index (κ1) is 14.7. The lowest BCUT2D eigenvalue weighted by Gasteiger charge is -2.13. The number of anilines is 1. The van der Waals surface area contributed by atoms with Gasteiger partial charge in [0.2, 0.25) is 10.0 Å². The van der Waals surface area contributed by atoms with E-state index in [0.29, 0.717) is 16.6 Å². The Kier molecular flexibility index (Phi) is 4.22. The van der Waals surface area contributed by atoms with Crippen molar-refractivity contribution in [1.29, 1.82) is 0 Å². The Hall–Kier alpha value is -1.70. The topological polar surface area (TPSA) is 94.3 Å². The molecule has 2 aromatic rings. The molecule has 0 aliphatic rings. The minimum Gasteiger partial charge on any atom is -0.398 e. The number of pyridine rings is 1. The number of nitrogens with one attached hydrogen (secondary N) is 1. The lowest BCUT2D eigenvalue weighted by atomic mass is 10.2. The van der Waals surface area contributed by atoms with Crippen molar-refractivity contribution in [3.63, 3.8) is 0 Å². The highest BCUT2D eigenvalue weighted by Gasteiger charge is 2.19. The highest BCUT2D eigenvalue weighted by molar-refractivity contribution is 7.89. The number of hydrogen-bond acceptors (Lipinski definition) is 5. The first-order valence-electron chi connectivity index (χ1n) is 6.11. The molecule has 0 bridgehead atoms. The van der Waals surface area contributed by atoms with Gasteiger partial charge in [0.1, 0.15) is 4.90 Å². The largest absolute Gasteiger partial charge is 0.398 e. The van der Waals surface area contributed by atoms with Crippen molar-refractivity contribution in [2.24, 2.45) is 0 Å². The second-order valence-corrected chi connectivity index (χ2v) is 6.19. The summed E-state index contributed by atoms with van der Waals surface area (Å²) in [5.74, 6) is 0. The van der Waals surface area contributed by atoms with Crippen molar-refractivity contribution in [2.75, 3.05) is 19.4 Å². The van der Waals surface area contributed by atoms with Crippen molar-refractivity contribution in [2.45, 2.75) is 17.9 Å². The van der Waals surface area contributed by atoms with Crippen molar-refractivity contribution in [3.8, 4) is 0 Å². The Morgan fingerprint density at radius 2 is 2.15 bits per heavy atom. The molecule has 0 spiro atoms. The van der Waals surface area contributed by atoms with Crippen LogP contribution >= 0.6 is 0 Å². The van der Waals surface area contributed by atoms with Gasteiger partial charge in [-0.05, 0) is 31.2 Å². The van der Waals surface area contributed by atoms with Gasteiger partial charge in [-0.3, -0.25) is 4.98 Å². The van der Waals surface area contributed by atoms with Gasteiger partial charge in [-0.2, -0.15) is 0 Å². The second kappa shape index (κ2) is 5.74. The molecule has 1 heterocycles. The van der Waals surface area contributed by atoms with E-state index in [1.807, 2.05) is 0 Å². The maximum absolute atomic E-state index is 12.3. The van der Waals surface area contributed by atoms with E-state index in [9.17, 15) is 8.42 Å². The number of fused-ring (bicyclic) bond motifs is 1. The lowest BCUT2D eigenvalue weighted by molar-refractivity contribution is 0.122. The molecule has 1 aromatic carbocycles. The van der Waals surface area contributed by atoms with E-state index < -0.39 is 10.0 Å². The number of benzene rings is 1.